The molecule has 0 atom stereocenters. The predicted octanol–water partition coefficient (Wildman–Crippen LogP) is 16.6. The van der Waals surface area contributed by atoms with Crippen molar-refractivity contribution in [1.29, 1.82) is 0 Å². The van der Waals surface area contributed by atoms with E-state index in [0.29, 0.717) is 5.89 Å². The van der Waals surface area contributed by atoms with E-state index in [4.69, 9.17) is 9.40 Å². The standard InChI is InChI=1S/C57H36N2OS/c1-3-13-37(14-4-1)39-23-28-42(29-24-39)59(43-30-25-40(26-31-43)38-15-5-2-6-16-38)53-35-51-48-32-27-41-17-7-8-18-44(41)56(48)61-55(51)36-50(53)47-33-34-49(46-20-10-9-19-45(46)47)57-58-52-21-11-12-22-54(52)60-57/h1-36H. The summed E-state index contributed by atoms with van der Waals surface area (Å²) < 4.78 is 8.93. The lowest BCUT2D eigenvalue weighted by atomic mass is 9.92. The number of aromatic nitrogens is 1. The Balaban J connectivity index is 1.13. The van der Waals surface area contributed by atoms with Crippen LogP contribution in [0.2, 0.25) is 0 Å². The van der Waals surface area contributed by atoms with Crippen molar-refractivity contribution in [3.05, 3.63) is 218 Å². The summed E-state index contributed by atoms with van der Waals surface area (Å²) in [5, 5.41) is 7.26. The second-order valence-electron chi connectivity index (χ2n) is 15.5. The first kappa shape index (κ1) is 35.2. The summed E-state index contributed by atoms with van der Waals surface area (Å²) in [6.45, 7) is 0. The zero-order chi connectivity index (χ0) is 40.3. The largest absolute Gasteiger partial charge is 0.436 e. The maximum absolute atomic E-state index is 6.38. The van der Waals surface area contributed by atoms with E-state index in [9.17, 15) is 0 Å². The first-order valence-corrected chi connectivity index (χ1v) is 21.4. The van der Waals surface area contributed by atoms with Crippen LogP contribution in [0.25, 0.3) is 97.7 Å². The monoisotopic (exact) mass is 796 g/mol. The zero-order valence-electron chi connectivity index (χ0n) is 33.0. The van der Waals surface area contributed by atoms with Gasteiger partial charge in [-0.1, -0.05) is 164 Å². The van der Waals surface area contributed by atoms with E-state index in [1.807, 2.05) is 35.6 Å². The second kappa shape index (κ2) is 14.5. The molecule has 12 aromatic rings. The molecule has 2 heterocycles. The average molecular weight is 797 g/mol. The van der Waals surface area contributed by atoms with Crippen LogP contribution in [0.3, 0.4) is 0 Å². The number of oxazole rings is 1. The van der Waals surface area contributed by atoms with Gasteiger partial charge in [-0.3, -0.25) is 0 Å². The van der Waals surface area contributed by atoms with E-state index >= 15 is 0 Å². The number of benzene rings is 10. The molecule has 0 unspecified atom stereocenters. The van der Waals surface area contributed by atoms with Gasteiger partial charge in [0, 0.05) is 42.7 Å². The summed E-state index contributed by atoms with van der Waals surface area (Å²) >= 11 is 1.88. The number of thiophene rings is 1. The van der Waals surface area contributed by atoms with Gasteiger partial charge in [-0.15, -0.1) is 11.3 Å². The molecule has 0 aliphatic carbocycles. The minimum atomic E-state index is 0.620. The van der Waals surface area contributed by atoms with Crippen LogP contribution in [0.4, 0.5) is 17.1 Å². The van der Waals surface area contributed by atoms with Gasteiger partial charge in [-0.2, -0.15) is 0 Å². The van der Waals surface area contributed by atoms with Gasteiger partial charge in [0.05, 0.1) is 5.69 Å². The third-order valence-electron chi connectivity index (χ3n) is 11.9. The molecule has 0 amide bonds. The Labute approximate surface area is 357 Å². The van der Waals surface area contributed by atoms with Gasteiger partial charge in [0.2, 0.25) is 5.89 Å². The van der Waals surface area contributed by atoms with Gasteiger partial charge in [-0.05, 0) is 104 Å². The highest BCUT2D eigenvalue weighted by atomic mass is 32.1. The summed E-state index contributed by atoms with van der Waals surface area (Å²) in [4.78, 5) is 7.37. The molecule has 0 saturated heterocycles. The topological polar surface area (TPSA) is 29.3 Å². The molecule has 3 nitrogen and oxygen atoms in total. The van der Waals surface area contributed by atoms with E-state index < -0.39 is 0 Å². The Bertz CT molecular complexity index is 3460. The van der Waals surface area contributed by atoms with E-state index in [2.05, 4.69) is 199 Å². The van der Waals surface area contributed by atoms with Crippen LogP contribution in [-0.2, 0) is 0 Å². The van der Waals surface area contributed by atoms with Crippen molar-refractivity contribution in [3.63, 3.8) is 0 Å². The number of anilines is 3. The fourth-order valence-electron chi connectivity index (χ4n) is 8.94. The highest BCUT2D eigenvalue weighted by molar-refractivity contribution is 7.26. The Kier molecular flexibility index (Phi) is 8.36. The molecule has 61 heavy (non-hydrogen) atoms. The summed E-state index contributed by atoms with van der Waals surface area (Å²) in [5.41, 5.74) is 12.9. The van der Waals surface area contributed by atoms with Crippen LogP contribution in [0, 0.1) is 0 Å². The Morgan fingerprint density at radius 3 is 1.62 bits per heavy atom. The Morgan fingerprint density at radius 2 is 0.951 bits per heavy atom. The number of para-hydroxylation sites is 2. The molecule has 12 rings (SSSR count). The van der Waals surface area contributed by atoms with Crippen molar-refractivity contribution in [1.82, 2.24) is 4.98 Å². The molecule has 0 aliphatic rings. The van der Waals surface area contributed by atoms with Crippen LogP contribution in [-0.4, -0.2) is 4.98 Å². The van der Waals surface area contributed by atoms with Gasteiger partial charge < -0.3 is 9.32 Å². The lowest BCUT2D eigenvalue weighted by molar-refractivity contribution is 0.620. The molecule has 0 radical (unpaired) electrons. The van der Waals surface area contributed by atoms with Crippen LogP contribution < -0.4 is 4.90 Å². The maximum atomic E-state index is 6.38. The molecule has 0 N–H and O–H groups in total. The van der Waals surface area contributed by atoms with E-state index in [1.165, 1.54) is 53.2 Å². The molecule has 10 aromatic carbocycles. The minimum Gasteiger partial charge on any atom is -0.436 e. The third kappa shape index (κ3) is 6.07. The number of hydrogen-bond acceptors (Lipinski definition) is 4. The third-order valence-corrected chi connectivity index (χ3v) is 13.1. The molecular weight excluding hydrogens is 761 g/mol. The van der Waals surface area contributed by atoms with Crippen molar-refractivity contribution >= 4 is 81.2 Å². The first-order valence-electron chi connectivity index (χ1n) is 20.6. The fourth-order valence-corrected chi connectivity index (χ4v) is 10.2. The van der Waals surface area contributed by atoms with E-state index in [-0.39, 0.29) is 0 Å². The normalized spacial score (nSPS) is 11.6. The number of nitrogens with zero attached hydrogens (tertiary/aromatic N) is 2. The number of fused-ring (bicyclic) bond motifs is 7. The second-order valence-corrected chi connectivity index (χ2v) is 16.5. The molecule has 0 saturated carbocycles. The Morgan fingerprint density at radius 1 is 0.393 bits per heavy atom. The van der Waals surface area contributed by atoms with Crippen molar-refractivity contribution in [2.24, 2.45) is 0 Å². The van der Waals surface area contributed by atoms with Crippen LogP contribution in [0.5, 0.6) is 0 Å². The quantitative estimate of drug-likeness (QED) is 0.161. The van der Waals surface area contributed by atoms with Crippen molar-refractivity contribution < 1.29 is 4.42 Å². The lowest BCUT2D eigenvalue weighted by Crippen LogP contribution is -2.11. The van der Waals surface area contributed by atoms with Crippen molar-refractivity contribution in [2.75, 3.05) is 4.90 Å². The number of hydrogen-bond donors (Lipinski definition) is 0. The van der Waals surface area contributed by atoms with Crippen LogP contribution in [0.15, 0.2) is 223 Å². The highest BCUT2D eigenvalue weighted by Gasteiger charge is 2.23. The predicted molar refractivity (Wildman–Crippen MR) is 258 cm³/mol. The fraction of sp³-hybridized carbons (Fsp3) is 0. The molecular formula is C57H36N2OS. The smallest absolute Gasteiger partial charge is 0.227 e. The highest BCUT2D eigenvalue weighted by Crippen LogP contribution is 2.49. The SMILES string of the molecule is c1ccc(-c2ccc(N(c3ccc(-c4ccccc4)cc3)c3cc4c(cc3-c3ccc(-c5nc6ccccc6o5)c5ccccc35)sc3c5ccccc5ccc43)cc2)cc1. The molecule has 0 bridgehead atoms. The molecule has 0 aliphatic heterocycles. The van der Waals surface area contributed by atoms with Gasteiger partial charge in [0.15, 0.2) is 5.58 Å². The molecule has 0 fully saturated rings. The Hall–Kier alpha value is -7.79. The molecule has 4 heteroatoms. The molecule has 286 valence electrons. The zero-order valence-corrected chi connectivity index (χ0v) is 33.8. The van der Waals surface area contributed by atoms with Crippen LogP contribution in [0.1, 0.15) is 0 Å². The van der Waals surface area contributed by atoms with Gasteiger partial charge in [0.25, 0.3) is 0 Å². The summed E-state index contributed by atoms with van der Waals surface area (Å²) in [7, 11) is 0. The minimum absolute atomic E-state index is 0.620. The van der Waals surface area contributed by atoms with E-state index in [1.54, 1.807) is 0 Å². The molecule has 2 aromatic heterocycles. The van der Waals surface area contributed by atoms with Gasteiger partial charge >= 0.3 is 0 Å². The number of rotatable bonds is 7. The summed E-state index contributed by atoms with van der Waals surface area (Å²) in [5.74, 6) is 0.620. The van der Waals surface area contributed by atoms with E-state index in [0.717, 1.165) is 55.6 Å². The van der Waals surface area contributed by atoms with Crippen molar-refractivity contribution in [3.8, 4) is 44.8 Å². The van der Waals surface area contributed by atoms with Crippen LogP contribution >= 0.6 is 11.3 Å². The lowest BCUT2D eigenvalue weighted by Gasteiger charge is -2.29. The van der Waals surface area contributed by atoms with Gasteiger partial charge in [0.1, 0.15) is 5.52 Å². The first-order chi connectivity index (χ1) is 30.2. The maximum Gasteiger partial charge on any atom is 0.227 e. The van der Waals surface area contributed by atoms with Gasteiger partial charge in [-0.25, -0.2) is 4.98 Å². The summed E-state index contributed by atoms with van der Waals surface area (Å²) in [6, 6.07) is 78.4. The van der Waals surface area contributed by atoms with Crippen molar-refractivity contribution in [2.45, 2.75) is 0 Å². The molecule has 0 spiro atoms. The summed E-state index contributed by atoms with van der Waals surface area (Å²) in [6.07, 6.45) is 0. The average Bonchev–Trinajstić information content (AvgIpc) is 3.94.